The van der Waals surface area contributed by atoms with Gasteiger partial charge in [-0.2, -0.15) is 0 Å². The molecule has 1 N–H and O–H groups in total. The number of likely N-dealkylation sites (tertiary alicyclic amines) is 1. The van der Waals surface area contributed by atoms with E-state index in [1.807, 2.05) is 17.0 Å². The second-order valence-corrected chi connectivity index (χ2v) is 11.7. The third-order valence-corrected chi connectivity index (χ3v) is 8.57. The van der Waals surface area contributed by atoms with Gasteiger partial charge < -0.3 is 14.8 Å². The molecule has 0 aliphatic carbocycles. The molecule has 2 aliphatic rings. The van der Waals surface area contributed by atoms with E-state index in [0.717, 1.165) is 75.2 Å². The maximum Gasteiger partial charge on any atom is 0.270 e. The van der Waals surface area contributed by atoms with E-state index in [0.29, 0.717) is 17.4 Å². The molecule has 5 rings (SSSR count). The molecule has 8 nitrogen and oxygen atoms in total. The van der Waals surface area contributed by atoms with Crippen LogP contribution in [0.1, 0.15) is 30.3 Å². The van der Waals surface area contributed by atoms with Gasteiger partial charge in [0.25, 0.3) is 5.91 Å². The lowest BCUT2D eigenvalue weighted by atomic mass is 10.0. The predicted molar refractivity (Wildman–Crippen MR) is 137 cm³/mol. The van der Waals surface area contributed by atoms with Crippen molar-refractivity contribution in [3.63, 3.8) is 0 Å². The van der Waals surface area contributed by atoms with Crippen molar-refractivity contribution in [2.24, 2.45) is 0 Å². The first-order valence-electron chi connectivity index (χ1n) is 12.4. The Bertz CT molecular complexity index is 1300. The van der Waals surface area contributed by atoms with Crippen molar-refractivity contribution >= 4 is 26.8 Å². The number of likely N-dealkylation sites (N-methyl/N-ethyl adjacent to an activating group) is 1. The maximum atomic E-state index is 13.2. The molecule has 3 aromatic rings. The van der Waals surface area contributed by atoms with Crippen LogP contribution in [0.25, 0.3) is 22.2 Å². The highest BCUT2D eigenvalue weighted by molar-refractivity contribution is 7.90. The third-order valence-electron chi connectivity index (χ3n) is 7.44. The normalized spacial score (nSPS) is 18.9. The second-order valence-electron chi connectivity index (χ2n) is 9.63. The lowest BCUT2D eigenvalue weighted by molar-refractivity contribution is 0.0487. The number of benzene rings is 1. The number of fused-ring (bicyclic) bond motifs is 1. The molecular weight excluding hydrogens is 462 g/mol. The highest BCUT2D eigenvalue weighted by Crippen LogP contribution is 2.26. The summed E-state index contributed by atoms with van der Waals surface area (Å²) in [7, 11) is -3.23. The monoisotopic (exact) mass is 495 g/mol. The molecule has 2 fully saturated rings. The molecule has 1 amide bonds. The fourth-order valence-corrected chi connectivity index (χ4v) is 5.86. The quantitative estimate of drug-likeness (QED) is 0.586. The van der Waals surface area contributed by atoms with Gasteiger partial charge in [0.15, 0.2) is 9.84 Å². The number of pyridine rings is 1. The molecule has 0 radical (unpaired) electrons. The van der Waals surface area contributed by atoms with Crippen LogP contribution in [0.5, 0.6) is 0 Å². The lowest BCUT2D eigenvalue weighted by Gasteiger charge is -2.42. The number of nitrogens with zero attached hydrogens (tertiary/aromatic N) is 4. The Labute approximate surface area is 206 Å². The zero-order valence-corrected chi connectivity index (χ0v) is 21.2. The SMILES string of the molecule is CCN1CCN(C2CCN(C(=O)c3cc4cc(-c5ccc(S(C)(=O)=O)cc5)cnc4[nH]3)CC2)CC1. The lowest BCUT2D eigenvalue weighted by Crippen LogP contribution is -2.53. The topological polar surface area (TPSA) is 89.6 Å². The van der Waals surface area contributed by atoms with Crippen molar-refractivity contribution in [3.8, 4) is 11.1 Å². The fourth-order valence-electron chi connectivity index (χ4n) is 5.23. The minimum atomic E-state index is -3.23. The maximum absolute atomic E-state index is 13.2. The van der Waals surface area contributed by atoms with Gasteiger partial charge in [-0.05, 0) is 49.2 Å². The number of H-pyrrole nitrogens is 1. The average Bonchev–Trinajstić information content (AvgIpc) is 3.31. The minimum Gasteiger partial charge on any atom is -0.337 e. The molecule has 2 aliphatic heterocycles. The molecule has 2 saturated heterocycles. The standard InChI is InChI=1S/C26H33N5O3S/c1-3-29-12-14-30(15-13-29)22-8-10-31(11-9-22)26(32)24-17-20-16-21(18-27-25(20)28-24)19-4-6-23(7-5-19)35(2,33)34/h4-7,16-18,22H,3,8-15H2,1-2H3,(H,27,28). The summed E-state index contributed by atoms with van der Waals surface area (Å²) in [5.41, 5.74) is 2.99. The third kappa shape index (κ3) is 5.12. The number of hydrogen-bond donors (Lipinski definition) is 1. The summed E-state index contributed by atoms with van der Waals surface area (Å²) in [6, 6.07) is 11.2. The van der Waals surface area contributed by atoms with Crippen LogP contribution in [-0.4, -0.2) is 97.1 Å². The molecule has 4 heterocycles. The number of aromatic nitrogens is 2. The average molecular weight is 496 g/mol. The molecule has 2 aromatic heterocycles. The predicted octanol–water partition coefficient (Wildman–Crippen LogP) is 2.88. The van der Waals surface area contributed by atoms with E-state index in [9.17, 15) is 13.2 Å². The van der Waals surface area contributed by atoms with Gasteiger partial charge in [0.1, 0.15) is 11.3 Å². The van der Waals surface area contributed by atoms with Crippen molar-refractivity contribution in [1.82, 2.24) is 24.7 Å². The summed E-state index contributed by atoms with van der Waals surface area (Å²) in [4.78, 5) is 28.2. The van der Waals surface area contributed by atoms with Crippen LogP contribution >= 0.6 is 0 Å². The fraction of sp³-hybridized carbons (Fsp3) is 0.462. The van der Waals surface area contributed by atoms with Gasteiger partial charge in [-0.1, -0.05) is 19.1 Å². The molecule has 9 heteroatoms. The Hall–Kier alpha value is -2.75. The minimum absolute atomic E-state index is 0.0244. The Morgan fingerprint density at radius 1 is 1.00 bits per heavy atom. The highest BCUT2D eigenvalue weighted by Gasteiger charge is 2.29. The first kappa shape index (κ1) is 24.0. The highest BCUT2D eigenvalue weighted by atomic mass is 32.2. The summed E-state index contributed by atoms with van der Waals surface area (Å²) in [5, 5.41) is 0.863. The van der Waals surface area contributed by atoms with Crippen LogP contribution in [0.4, 0.5) is 0 Å². The number of nitrogens with one attached hydrogen (secondary N) is 1. The Balaban J connectivity index is 1.25. The van der Waals surface area contributed by atoms with Crippen molar-refractivity contribution in [2.75, 3.05) is 52.1 Å². The van der Waals surface area contributed by atoms with Crippen LogP contribution in [-0.2, 0) is 9.84 Å². The molecule has 0 saturated carbocycles. The van der Waals surface area contributed by atoms with Crippen molar-refractivity contribution in [3.05, 3.63) is 48.3 Å². The number of piperidine rings is 1. The number of carbonyl (C=O) groups excluding carboxylic acids is 1. The summed E-state index contributed by atoms with van der Waals surface area (Å²) in [6.07, 6.45) is 4.98. The van der Waals surface area contributed by atoms with E-state index in [1.165, 1.54) is 6.26 Å². The van der Waals surface area contributed by atoms with Gasteiger partial charge >= 0.3 is 0 Å². The number of piperazine rings is 1. The molecule has 1 aromatic carbocycles. The van der Waals surface area contributed by atoms with Crippen LogP contribution in [0.15, 0.2) is 47.5 Å². The van der Waals surface area contributed by atoms with E-state index in [4.69, 9.17) is 0 Å². The molecular formula is C26H33N5O3S. The number of sulfone groups is 1. The smallest absolute Gasteiger partial charge is 0.270 e. The Kier molecular flexibility index (Phi) is 6.65. The van der Waals surface area contributed by atoms with Gasteiger partial charge in [0, 0.05) is 68.7 Å². The van der Waals surface area contributed by atoms with Crippen LogP contribution in [0, 0.1) is 0 Å². The number of amides is 1. The van der Waals surface area contributed by atoms with E-state index < -0.39 is 9.84 Å². The summed E-state index contributed by atoms with van der Waals surface area (Å²) < 4.78 is 23.4. The largest absolute Gasteiger partial charge is 0.337 e. The van der Waals surface area contributed by atoms with Gasteiger partial charge in [-0.25, -0.2) is 13.4 Å². The van der Waals surface area contributed by atoms with E-state index in [-0.39, 0.29) is 10.8 Å². The number of aromatic amines is 1. The number of carbonyl (C=O) groups is 1. The first-order chi connectivity index (χ1) is 16.8. The second kappa shape index (κ2) is 9.72. The number of rotatable bonds is 5. The Morgan fingerprint density at radius 2 is 1.69 bits per heavy atom. The van der Waals surface area contributed by atoms with Gasteiger partial charge in [0.2, 0.25) is 0 Å². The molecule has 35 heavy (non-hydrogen) atoms. The summed E-state index contributed by atoms with van der Waals surface area (Å²) in [6.45, 7) is 9.42. The van der Waals surface area contributed by atoms with E-state index >= 15 is 0 Å². The molecule has 186 valence electrons. The van der Waals surface area contributed by atoms with Gasteiger partial charge in [-0.3, -0.25) is 9.69 Å². The van der Waals surface area contributed by atoms with Crippen molar-refractivity contribution in [2.45, 2.75) is 30.7 Å². The summed E-state index contributed by atoms with van der Waals surface area (Å²) >= 11 is 0. The van der Waals surface area contributed by atoms with Crippen molar-refractivity contribution < 1.29 is 13.2 Å². The molecule has 0 spiro atoms. The van der Waals surface area contributed by atoms with Gasteiger partial charge in [0.05, 0.1) is 4.90 Å². The van der Waals surface area contributed by atoms with Crippen LogP contribution < -0.4 is 0 Å². The first-order valence-corrected chi connectivity index (χ1v) is 14.3. The van der Waals surface area contributed by atoms with E-state index in [2.05, 4.69) is 26.7 Å². The van der Waals surface area contributed by atoms with E-state index in [1.54, 1.807) is 30.5 Å². The van der Waals surface area contributed by atoms with Crippen molar-refractivity contribution in [1.29, 1.82) is 0 Å². The zero-order valence-electron chi connectivity index (χ0n) is 20.4. The zero-order chi connectivity index (χ0) is 24.6. The van der Waals surface area contributed by atoms with Crippen LogP contribution in [0.2, 0.25) is 0 Å². The molecule has 0 bridgehead atoms. The number of hydrogen-bond acceptors (Lipinski definition) is 6. The molecule has 0 atom stereocenters. The Morgan fingerprint density at radius 3 is 2.31 bits per heavy atom. The van der Waals surface area contributed by atoms with Crippen LogP contribution in [0.3, 0.4) is 0 Å². The summed E-state index contributed by atoms with van der Waals surface area (Å²) in [5.74, 6) is 0.0244. The molecule has 0 unspecified atom stereocenters. The van der Waals surface area contributed by atoms with Gasteiger partial charge in [-0.15, -0.1) is 0 Å².